The number of amides is 1. The number of carbonyl (C=O) groups excluding carboxylic acids is 1. The van der Waals surface area contributed by atoms with Crippen LogP contribution in [-0.2, 0) is 6.54 Å². The first-order chi connectivity index (χ1) is 13.0. The first-order valence-corrected chi connectivity index (χ1v) is 9.38. The molecule has 1 amide bonds. The van der Waals surface area contributed by atoms with Crippen molar-refractivity contribution >= 4 is 33.1 Å². The van der Waals surface area contributed by atoms with Gasteiger partial charge in [0.05, 0.1) is 22.5 Å². The molecule has 0 fully saturated rings. The number of benzene rings is 1. The first kappa shape index (κ1) is 17.3. The summed E-state index contributed by atoms with van der Waals surface area (Å²) in [5.74, 6) is 2.34. The second kappa shape index (κ2) is 6.53. The summed E-state index contributed by atoms with van der Waals surface area (Å²) in [4.78, 5) is 22.5. The van der Waals surface area contributed by atoms with Crippen molar-refractivity contribution in [3.05, 3.63) is 63.8 Å². The number of aromatic nitrogens is 3. The van der Waals surface area contributed by atoms with E-state index >= 15 is 0 Å². The Morgan fingerprint density at radius 1 is 1.26 bits per heavy atom. The average molecular weight is 374 g/mol. The van der Waals surface area contributed by atoms with E-state index in [4.69, 9.17) is 6.42 Å². The lowest BCUT2D eigenvalue weighted by molar-refractivity contribution is 0.0991. The molecular weight excluding hydrogens is 356 g/mol. The Kier molecular flexibility index (Phi) is 4.17. The predicted octanol–water partition coefficient (Wildman–Crippen LogP) is 3.65. The summed E-state index contributed by atoms with van der Waals surface area (Å²) in [7, 11) is 0. The van der Waals surface area contributed by atoms with E-state index in [2.05, 4.69) is 41.9 Å². The van der Waals surface area contributed by atoms with Crippen LogP contribution in [0.5, 0.6) is 0 Å². The average Bonchev–Trinajstić information content (AvgIpc) is 3.13. The molecule has 5 nitrogen and oxygen atoms in total. The van der Waals surface area contributed by atoms with Crippen molar-refractivity contribution in [1.82, 2.24) is 14.0 Å². The number of aryl methyl sites for hydroxylation is 3. The fourth-order valence-corrected chi connectivity index (χ4v) is 4.27. The van der Waals surface area contributed by atoms with E-state index in [-0.39, 0.29) is 5.91 Å². The maximum atomic E-state index is 13.0. The third-order valence-electron chi connectivity index (χ3n) is 4.65. The van der Waals surface area contributed by atoms with Gasteiger partial charge in [-0.3, -0.25) is 9.20 Å². The molecule has 0 bridgehead atoms. The third-order valence-corrected chi connectivity index (χ3v) is 5.69. The molecule has 0 saturated carbocycles. The SMILES string of the molecule is C#CCn1c(=NC(=O)c2c(C)nc3ccccn23)sc2cc(C)c(C)cc21. The molecule has 3 heterocycles. The number of pyridine rings is 1. The molecule has 0 unspecified atom stereocenters. The van der Waals surface area contributed by atoms with Crippen LogP contribution in [0.4, 0.5) is 0 Å². The van der Waals surface area contributed by atoms with Crippen molar-refractivity contribution in [3.8, 4) is 12.3 Å². The minimum absolute atomic E-state index is 0.322. The van der Waals surface area contributed by atoms with Gasteiger partial charge in [-0.15, -0.1) is 6.42 Å². The van der Waals surface area contributed by atoms with E-state index in [1.54, 1.807) is 4.40 Å². The largest absolute Gasteiger partial charge is 0.305 e. The fourth-order valence-electron chi connectivity index (χ4n) is 3.16. The van der Waals surface area contributed by atoms with Crippen molar-refractivity contribution in [1.29, 1.82) is 0 Å². The molecule has 0 saturated heterocycles. The summed E-state index contributed by atoms with van der Waals surface area (Å²) in [6.07, 6.45) is 7.39. The van der Waals surface area contributed by atoms with Crippen LogP contribution in [0.2, 0.25) is 0 Å². The number of rotatable bonds is 2. The van der Waals surface area contributed by atoms with E-state index < -0.39 is 0 Å². The molecule has 0 aliphatic heterocycles. The number of carbonyl (C=O) groups is 1. The van der Waals surface area contributed by atoms with Crippen molar-refractivity contribution in [3.63, 3.8) is 0 Å². The summed E-state index contributed by atoms with van der Waals surface area (Å²) in [5, 5.41) is 0. The van der Waals surface area contributed by atoms with Gasteiger partial charge in [-0.1, -0.05) is 23.3 Å². The molecule has 0 N–H and O–H groups in total. The van der Waals surface area contributed by atoms with Gasteiger partial charge in [0.2, 0.25) is 0 Å². The van der Waals surface area contributed by atoms with E-state index in [1.165, 1.54) is 22.5 Å². The molecule has 3 aromatic heterocycles. The molecule has 0 spiro atoms. The zero-order chi connectivity index (χ0) is 19.1. The van der Waals surface area contributed by atoms with Gasteiger partial charge in [0.15, 0.2) is 4.80 Å². The molecule has 0 aliphatic carbocycles. The number of terminal acetylenes is 1. The number of hydrogen-bond donors (Lipinski definition) is 0. The Balaban J connectivity index is 1.94. The minimum atomic E-state index is -0.322. The molecule has 6 heteroatoms. The Hall–Kier alpha value is -3.17. The van der Waals surface area contributed by atoms with Gasteiger partial charge < -0.3 is 4.57 Å². The lowest BCUT2D eigenvalue weighted by Crippen LogP contribution is -2.17. The highest BCUT2D eigenvalue weighted by Crippen LogP contribution is 2.22. The number of thiazole rings is 1. The van der Waals surface area contributed by atoms with Gasteiger partial charge in [0.25, 0.3) is 5.91 Å². The molecule has 1 aromatic carbocycles. The molecule has 27 heavy (non-hydrogen) atoms. The summed E-state index contributed by atoms with van der Waals surface area (Å²) in [5.41, 5.74) is 5.25. The highest BCUT2D eigenvalue weighted by atomic mass is 32.1. The first-order valence-electron chi connectivity index (χ1n) is 8.56. The van der Waals surface area contributed by atoms with Crippen molar-refractivity contribution in [2.45, 2.75) is 27.3 Å². The summed E-state index contributed by atoms with van der Waals surface area (Å²) >= 11 is 1.47. The monoisotopic (exact) mass is 374 g/mol. The summed E-state index contributed by atoms with van der Waals surface area (Å²) in [6.45, 7) is 6.32. The van der Waals surface area contributed by atoms with Crippen molar-refractivity contribution in [2.24, 2.45) is 4.99 Å². The van der Waals surface area contributed by atoms with Crippen LogP contribution in [0.3, 0.4) is 0 Å². The smallest absolute Gasteiger partial charge is 0.298 e. The van der Waals surface area contributed by atoms with Crippen LogP contribution < -0.4 is 4.80 Å². The minimum Gasteiger partial charge on any atom is -0.305 e. The number of nitrogens with zero attached hydrogens (tertiary/aromatic N) is 4. The lowest BCUT2D eigenvalue weighted by Gasteiger charge is -2.03. The van der Waals surface area contributed by atoms with E-state index in [9.17, 15) is 4.79 Å². The maximum absolute atomic E-state index is 13.0. The van der Waals surface area contributed by atoms with Gasteiger partial charge >= 0.3 is 0 Å². The zero-order valence-corrected chi connectivity index (χ0v) is 16.2. The molecule has 4 rings (SSSR count). The van der Waals surface area contributed by atoms with Gasteiger partial charge in [0.1, 0.15) is 11.3 Å². The standard InChI is InChI=1S/C21H18N4OS/c1-5-9-24-16-11-13(2)14(3)12-17(16)27-21(24)23-20(26)19-15(4)22-18-8-6-7-10-25(18)19/h1,6-8,10-12H,9H2,2-4H3. The van der Waals surface area contributed by atoms with Gasteiger partial charge in [-0.2, -0.15) is 4.99 Å². The van der Waals surface area contributed by atoms with Gasteiger partial charge in [-0.05, 0) is 56.2 Å². The van der Waals surface area contributed by atoms with Crippen LogP contribution in [-0.4, -0.2) is 19.9 Å². The third kappa shape index (κ3) is 2.86. The normalized spacial score (nSPS) is 12.0. The van der Waals surface area contributed by atoms with E-state index in [0.717, 1.165) is 15.9 Å². The Labute approximate surface area is 160 Å². The number of fused-ring (bicyclic) bond motifs is 2. The molecular formula is C21H18N4OS. The van der Waals surface area contributed by atoms with Gasteiger partial charge in [-0.25, -0.2) is 4.98 Å². The van der Waals surface area contributed by atoms with Crippen molar-refractivity contribution < 1.29 is 4.79 Å². The molecule has 0 aliphatic rings. The van der Waals surface area contributed by atoms with E-state index in [0.29, 0.717) is 22.7 Å². The number of imidazole rings is 1. The Bertz CT molecular complexity index is 1310. The highest BCUT2D eigenvalue weighted by molar-refractivity contribution is 7.16. The Morgan fingerprint density at radius 3 is 2.81 bits per heavy atom. The van der Waals surface area contributed by atoms with Crippen LogP contribution in [0.25, 0.3) is 15.9 Å². The predicted molar refractivity (Wildman–Crippen MR) is 108 cm³/mol. The van der Waals surface area contributed by atoms with Crippen LogP contribution in [0.15, 0.2) is 41.5 Å². The maximum Gasteiger partial charge on any atom is 0.298 e. The van der Waals surface area contributed by atoms with E-state index in [1.807, 2.05) is 35.9 Å². The molecule has 0 atom stereocenters. The van der Waals surface area contributed by atoms with Crippen molar-refractivity contribution in [2.75, 3.05) is 0 Å². The molecule has 0 radical (unpaired) electrons. The molecule has 134 valence electrons. The molecule has 4 aromatic rings. The zero-order valence-electron chi connectivity index (χ0n) is 15.4. The lowest BCUT2D eigenvalue weighted by atomic mass is 10.1. The number of hydrogen-bond acceptors (Lipinski definition) is 3. The quantitative estimate of drug-likeness (QED) is 0.503. The second-order valence-corrected chi connectivity index (χ2v) is 7.48. The highest BCUT2D eigenvalue weighted by Gasteiger charge is 2.17. The second-order valence-electron chi connectivity index (χ2n) is 6.47. The van der Waals surface area contributed by atoms with Crippen LogP contribution in [0.1, 0.15) is 27.3 Å². The fraction of sp³-hybridized carbons (Fsp3) is 0.190. The Morgan fingerprint density at radius 2 is 2.04 bits per heavy atom. The van der Waals surface area contributed by atoms with Crippen LogP contribution in [0, 0.1) is 33.1 Å². The summed E-state index contributed by atoms with van der Waals surface area (Å²) in [6, 6.07) is 9.85. The van der Waals surface area contributed by atoms with Gasteiger partial charge in [0, 0.05) is 6.20 Å². The van der Waals surface area contributed by atoms with Crippen LogP contribution >= 0.6 is 11.3 Å². The summed E-state index contributed by atoms with van der Waals surface area (Å²) < 4.78 is 4.76. The topological polar surface area (TPSA) is 51.7 Å².